The molecule has 0 aliphatic heterocycles. The van der Waals surface area contributed by atoms with Crippen LogP contribution in [-0.4, -0.2) is 17.8 Å². The van der Waals surface area contributed by atoms with Gasteiger partial charge in [0, 0.05) is 6.20 Å². The molecule has 0 aliphatic rings. The van der Waals surface area contributed by atoms with Gasteiger partial charge in [-0.15, -0.1) is 0 Å². The second kappa shape index (κ2) is 6.33. The van der Waals surface area contributed by atoms with Crippen LogP contribution in [0.15, 0.2) is 52.2 Å². The molecule has 1 heterocycles. The molecule has 1 aromatic heterocycles. The first kappa shape index (κ1) is 13.5. The van der Waals surface area contributed by atoms with Gasteiger partial charge in [-0.05, 0) is 58.7 Å². The van der Waals surface area contributed by atoms with Crippen molar-refractivity contribution >= 4 is 27.5 Å². The summed E-state index contributed by atoms with van der Waals surface area (Å²) in [4.78, 5) is 4.14. The number of rotatable bonds is 4. The fraction of sp³-hybridized carbons (Fsp3) is 0.143. The Morgan fingerprint density at radius 1 is 1.32 bits per heavy atom. The van der Waals surface area contributed by atoms with Crippen molar-refractivity contribution in [2.45, 2.75) is 6.92 Å². The molecule has 5 heteroatoms. The summed E-state index contributed by atoms with van der Waals surface area (Å²) in [6.07, 6.45) is 1.72. The van der Waals surface area contributed by atoms with Gasteiger partial charge in [0.05, 0.1) is 17.3 Å². The Balaban J connectivity index is 2.15. The molecule has 0 unspecified atom stereocenters. The number of aromatic nitrogens is 1. The van der Waals surface area contributed by atoms with Gasteiger partial charge in [0.2, 0.25) is 0 Å². The van der Waals surface area contributed by atoms with E-state index in [1.165, 1.54) is 0 Å². The van der Waals surface area contributed by atoms with Crippen molar-refractivity contribution in [1.29, 1.82) is 0 Å². The van der Waals surface area contributed by atoms with Gasteiger partial charge in [0.15, 0.2) is 0 Å². The molecular weight excluding hydrogens is 306 g/mol. The number of benzene rings is 1. The molecule has 4 nitrogen and oxygen atoms in total. The van der Waals surface area contributed by atoms with E-state index in [1.54, 1.807) is 13.3 Å². The second-order valence-electron chi connectivity index (χ2n) is 3.87. The summed E-state index contributed by atoms with van der Waals surface area (Å²) in [5.74, 6) is 1.52. The van der Waals surface area contributed by atoms with Crippen LogP contribution in [0.5, 0.6) is 5.75 Å². The lowest BCUT2D eigenvalue weighted by molar-refractivity contribution is 0.412. The maximum atomic E-state index is 5.20. The highest BCUT2D eigenvalue weighted by molar-refractivity contribution is 9.10. The summed E-state index contributed by atoms with van der Waals surface area (Å²) >= 11 is 3.46. The van der Waals surface area contributed by atoms with E-state index in [0.29, 0.717) is 0 Å². The van der Waals surface area contributed by atoms with E-state index < -0.39 is 0 Å². The van der Waals surface area contributed by atoms with Crippen molar-refractivity contribution in [2.75, 3.05) is 12.5 Å². The molecular formula is C14H14BrN3O. The minimum Gasteiger partial charge on any atom is -0.496 e. The third kappa shape index (κ3) is 3.54. The zero-order valence-electron chi connectivity index (χ0n) is 10.7. The Hall–Kier alpha value is -1.88. The van der Waals surface area contributed by atoms with E-state index in [-0.39, 0.29) is 0 Å². The SMILES string of the molecule is COc1ccc(/C(C)=N\Nc2ccccn2)cc1Br. The number of ether oxygens (including phenoxy) is 1. The van der Waals surface area contributed by atoms with Crippen LogP contribution in [0.25, 0.3) is 0 Å². The van der Waals surface area contributed by atoms with Crippen LogP contribution in [0.1, 0.15) is 12.5 Å². The van der Waals surface area contributed by atoms with Crippen LogP contribution in [0, 0.1) is 0 Å². The van der Waals surface area contributed by atoms with Crippen molar-refractivity contribution < 1.29 is 4.74 Å². The molecule has 1 aromatic carbocycles. The zero-order chi connectivity index (χ0) is 13.7. The largest absolute Gasteiger partial charge is 0.496 e. The standard InChI is InChI=1S/C14H14BrN3O/c1-10(17-18-14-5-3-4-8-16-14)11-6-7-13(19-2)12(15)9-11/h3-9H,1-2H3,(H,16,18)/b17-10-. The normalized spacial score (nSPS) is 11.2. The van der Waals surface area contributed by atoms with Crippen molar-refractivity contribution in [3.8, 4) is 5.75 Å². The molecule has 0 spiro atoms. The average Bonchev–Trinajstić information content (AvgIpc) is 2.45. The first-order valence-corrected chi connectivity index (χ1v) is 6.55. The lowest BCUT2D eigenvalue weighted by Gasteiger charge is -2.06. The molecule has 98 valence electrons. The predicted molar refractivity (Wildman–Crippen MR) is 80.8 cm³/mol. The van der Waals surface area contributed by atoms with Gasteiger partial charge in [-0.25, -0.2) is 4.98 Å². The third-order valence-corrected chi connectivity index (χ3v) is 3.19. The molecule has 0 amide bonds. The van der Waals surface area contributed by atoms with Crippen molar-refractivity contribution in [1.82, 2.24) is 4.98 Å². The molecule has 0 bridgehead atoms. The molecule has 2 rings (SSSR count). The topological polar surface area (TPSA) is 46.5 Å². The van der Waals surface area contributed by atoms with E-state index in [2.05, 4.69) is 31.4 Å². The summed E-state index contributed by atoms with van der Waals surface area (Å²) in [5, 5.41) is 4.30. The Labute approximate surface area is 120 Å². The number of pyridine rings is 1. The Morgan fingerprint density at radius 2 is 2.16 bits per heavy atom. The number of hydrogen-bond acceptors (Lipinski definition) is 4. The van der Waals surface area contributed by atoms with Crippen LogP contribution in [0.2, 0.25) is 0 Å². The number of hydrogen-bond donors (Lipinski definition) is 1. The number of nitrogens with zero attached hydrogens (tertiary/aromatic N) is 2. The summed E-state index contributed by atoms with van der Waals surface area (Å²) in [5.41, 5.74) is 4.80. The van der Waals surface area contributed by atoms with E-state index in [9.17, 15) is 0 Å². The quantitative estimate of drug-likeness (QED) is 0.690. The monoisotopic (exact) mass is 319 g/mol. The summed E-state index contributed by atoms with van der Waals surface area (Å²) in [7, 11) is 1.64. The van der Waals surface area contributed by atoms with Crippen molar-refractivity contribution in [3.05, 3.63) is 52.6 Å². The van der Waals surface area contributed by atoms with Crippen molar-refractivity contribution in [3.63, 3.8) is 0 Å². The van der Waals surface area contributed by atoms with E-state index in [1.807, 2.05) is 43.3 Å². The first-order chi connectivity index (χ1) is 9.20. The number of halogens is 1. The molecule has 0 saturated carbocycles. The number of hydrazone groups is 1. The van der Waals surface area contributed by atoms with Gasteiger partial charge < -0.3 is 4.74 Å². The van der Waals surface area contributed by atoms with Crippen LogP contribution in [-0.2, 0) is 0 Å². The van der Waals surface area contributed by atoms with Gasteiger partial charge in [0.1, 0.15) is 11.6 Å². The van der Waals surface area contributed by atoms with Gasteiger partial charge in [-0.3, -0.25) is 5.43 Å². The van der Waals surface area contributed by atoms with Crippen molar-refractivity contribution in [2.24, 2.45) is 5.10 Å². The van der Waals surface area contributed by atoms with Crippen LogP contribution in [0.4, 0.5) is 5.82 Å². The fourth-order valence-electron chi connectivity index (χ4n) is 1.53. The summed E-state index contributed by atoms with van der Waals surface area (Å²) in [6.45, 7) is 1.93. The molecule has 19 heavy (non-hydrogen) atoms. The summed E-state index contributed by atoms with van der Waals surface area (Å²) < 4.78 is 6.10. The average molecular weight is 320 g/mol. The lowest BCUT2D eigenvalue weighted by Crippen LogP contribution is -2.01. The molecule has 0 fully saturated rings. The van der Waals surface area contributed by atoms with Gasteiger partial charge >= 0.3 is 0 Å². The van der Waals surface area contributed by atoms with Crippen LogP contribution < -0.4 is 10.2 Å². The van der Waals surface area contributed by atoms with Gasteiger partial charge in [-0.1, -0.05) is 6.07 Å². The number of methoxy groups -OCH3 is 1. The van der Waals surface area contributed by atoms with Gasteiger partial charge in [0.25, 0.3) is 0 Å². The minimum absolute atomic E-state index is 0.717. The maximum absolute atomic E-state index is 5.20. The Kier molecular flexibility index (Phi) is 4.52. The lowest BCUT2D eigenvalue weighted by atomic mass is 10.1. The first-order valence-electron chi connectivity index (χ1n) is 5.76. The molecule has 0 aliphatic carbocycles. The molecule has 1 N–H and O–H groups in total. The molecule has 0 saturated heterocycles. The van der Waals surface area contributed by atoms with Crippen LogP contribution in [0.3, 0.4) is 0 Å². The van der Waals surface area contributed by atoms with Gasteiger partial charge in [-0.2, -0.15) is 5.10 Å². The maximum Gasteiger partial charge on any atom is 0.146 e. The molecule has 0 radical (unpaired) electrons. The molecule has 2 aromatic rings. The predicted octanol–water partition coefficient (Wildman–Crippen LogP) is 3.69. The number of anilines is 1. The smallest absolute Gasteiger partial charge is 0.146 e. The van der Waals surface area contributed by atoms with E-state index >= 15 is 0 Å². The zero-order valence-corrected chi connectivity index (χ0v) is 12.3. The van der Waals surface area contributed by atoms with Crippen LogP contribution >= 0.6 is 15.9 Å². The summed E-state index contributed by atoms with van der Waals surface area (Å²) in [6, 6.07) is 11.5. The fourth-order valence-corrected chi connectivity index (χ4v) is 2.07. The highest BCUT2D eigenvalue weighted by Gasteiger charge is 2.03. The van der Waals surface area contributed by atoms with E-state index in [0.717, 1.165) is 27.3 Å². The molecule has 0 atom stereocenters. The Morgan fingerprint density at radius 3 is 2.79 bits per heavy atom. The number of nitrogens with one attached hydrogen (secondary N) is 1. The highest BCUT2D eigenvalue weighted by atomic mass is 79.9. The second-order valence-corrected chi connectivity index (χ2v) is 4.73. The Bertz CT molecular complexity index is 584. The highest BCUT2D eigenvalue weighted by Crippen LogP contribution is 2.25. The van der Waals surface area contributed by atoms with E-state index in [4.69, 9.17) is 4.74 Å². The third-order valence-electron chi connectivity index (χ3n) is 2.57. The minimum atomic E-state index is 0.717.